The number of morpholine rings is 1. The van der Waals surface area contributed by atoms with Gasteiger partial charge in [-0.15, -0.1) is 0 Å². The number of hydrogen-bond donors (Lipinski definition) is 2. The molecule has 0 saturated carbocycles. The van der Waals surface area contributed by atoms with Crippen molar-refractivity contribution < 1.29 is 14.3 Å². The normalized spacial score (nSPS) is 14.4. The van der Waals surface area contributed by atoms with Crippen LogP contribution in [0.25, 0.3) is 11.0 Å². The van der Waals surface area contributed by atoms with Gasteiger partial charge in [0.2, 0.25) is 0 Å². The summed E-state index contributed by atoms with van der Waals surface area (Å²) in [5.74, 6) is 0.923. The van der Waals surface area contributed by atoms with E-state index in [1.165, 1.54) is 0 Å². The Labute approximate surface area is 175 Å². The Morgan fingerprint density at radius 2 is 1.77 bits per heavy atom. The second-order valence-corrected chi connectivity index (χ2v) is 6.97. The third-order valence-corrected chi connectivity index (χ3v) is 4.96. The first kappa shape index (κ1) is 20.1. The Bertz CT molecular complexity index is 1000. The van der Waals surface area contributed by atoms with Crippen LogP contribution >= 0.6 is 0 Å². The van der Waals surface area contributed by atoms with Crippen molar-refractivity contribution in [2.45, 2.75) is 0 Å². The number of nitrogens with zero attached hydrogens (tertiary/aromatic N) is 3. The molecule has 0 aliphatic carbocycles. The van der Waals surface area contributed by atoms with Gasteiger partial charge in [0.1, 0.15) is 5.75 Å². The van der Waals surface area contributed by atoms with Gasteiger partial charge in [0.25, 0.3) is 5.91 Å². The van der Waals surface area contributed by atoms with Gasteiger partial charge in [0.15, 0.2) is 11.5 Å². The molecule has 0 unspecified atom stereocenters. The van der Waals surface area contributed by atoms with Gasteiger partial charge in [0, 0.05) is 31.9 Å². The minimum atomic E-state index is -0.252. The van der Waals surface area contributed by atoms with Crippen LogP contribution in [-0.2, 0) is 4.74 Å². The van der Waals surface area contributed by atoms with E-state index in [0.29, 0.717) is 17.9 Å². The predicted octanol–water partition coefficient (Wildman–Crippen LogP) is 2.44. The number of methoxy groups -OCH3 is 1. The zero-order valence-corrected chi connectivity index (χ0v) is 16.9. The van der Waals surface area contributed by atoms with Crippen molar-refractivity contribution in [2.75, 3.05) is 51.8 Å². The van der Waals surface area contributed by atoms with Crippen molar-refractivity contribution in [2.24, 2.45) is 0 Å². The van der Waals surface area contributed by atoms with Crippen LogP contribution < -0.4 is 15.4 Å². The second kappa shape index (κ2) is 9.51. The molecule has 2 heterocycles. The Kier molecular flexibility index (Phi) is 6.36. The van der Waals surface area contributed by atoms with Crippen LogP contribution in [0, 0.1) is 0 Å². The monoisotopic (exact) mass is 407 g/mol. The maximum Gasteiger partial charge on any atom is 0.273 e. The van der Waals surface area contributed by atoms with Crippen molar-refractivity contribution in [3.05, 3.63) is 54.2 Å². The van der Waals surface area contributed by atoms with E-state index >= 15 is 0 Å². The summed E-state index contributed by atoms with van der Waals surface area (Å²) >= 11 is 0. The molecule has 0 radical (unpaired) electrons. The summed E-state index contributed by atoms with van der Waals surface area (Å²) in [5.41, 5.74) is 2.46. The van der Waals surface area contributed by atoms with Crippen LogP contribution in [0.3, 0.4) is 0 Å². The molecule has 8 nitrogen and oxygen atoms in total. The van der Waals surface area contributed by atoms with E-state index in [4.69, 9.17) is 9.47 Å². The summed E-state index contributed by atoms with van der Waals surface area (Å²) in [6.45, 7) is 4.55. The Morgan fingerprint density at radius 3 is 2.47 bits per heavy atom. The molecule has 3 aromatic rings. The first-order valence-corrected chi connectivity index (χ1v) is 9.99. The molecule has 0 bridgehead atoms. The number of fused-ring (bicyclic) bond motifs is 1. The molecule has 4 rings (SSSR count). The fourth-order valence-corrected chi connectivity index (χ4v) is 3.29. The van der Waals surface area contributed by atoms with Gasteiger partial charge in [-0.1, -0.05) is 12.1 Å². The van der Waals surface area contributed by atoms with E-state index in [-0.39, 0.29) is 11.6 Å². The minimum Gasteiger partial charge on any atom is -0.497 e. The lowest BCUT2D eigenvalue weighted by Gasteiger charge is -2.26. The lowest BCUT2D eigenvalue weighted by molar-refractivity contribution is 0.0383. The van der Waals surface area contributed by atoms with Gasteiger partial charge in [-0.2, -0.15) is 0 Å². The molecule has 8 heteroatoms. The number of hydrogen-bond acceptors (Lipinski definition) is 7. The zero-order valence-electron chi connectivity index (χ0n) is 16.9. The number of carbonyl (C=O) groups is 1. The summed E-state index contributed by atoms with van der Waals surface area (Å²) in [5, 5.41) is 6.19. The quantitative estimate of drug-likeness (QED) is 0.622. The highest BCUT2D eigenvalue weighted by molar-refractivity contribution is 5.99. The van der Waals surface area contributed by atoms with E-state index < -0.39 is 0 Å². The van der Waals surface area contributed by atoms with Crippen molar-refractivity contribution in [1.82, 2.24) is 20.2 Å². The number of anilines is 2. The molecule has 156 valence electrons. The van der Waals surface area contributed by atoms with Gasteiger partial charge in [0.05, 0.1) is 31.4 Å². The molecule has 30 heavy (non-hydrogen) atoms. The van der Waals surface area contributed by atoms with E-state index in [2.05, 4.69) is 25.5 Å². The number of benzene rings is 2. The van der Waals surface area contributed by atoms with E-state index in [9.17, 15) is 4.79 Å². The molecule has 2 N–H and O–H groups in total. The standard InChI is InChI=1S/C22H25N5O3/c1-29-17-8-6-16(7-9-17)24-21-20(25-18-4-2-3-5-19(18)26-21)22(28)23-10-11-27-12-14-30-15-13-27/h2-9H,10-15H2,1H3,(H,23,28)(H,24,26). The minimum absolute atomic E-state index is 0.252. The number of rotatable bonds is 7. The Hall–Kier alpha value is -3.23. The Balaban J connectivity index is 1.53. The highest BCUT2D eigenvalue weighted by Gasteiger charge is 2.17. The van der Waals surface area contributed by atoms with Crippen LogP contribution in [0.5, 0.6) is 5.75 Å². The molecule has 1 aliphatic rings. The number of ether oxygens (including phenoxy) is 2. The SMILES string of the molecule is COc1ccc(Nc2nc3ccccc3nc2C(=O)NCCN2CCOCC2)cc1. The number of aromatic nitrogens is 2. The van der Waals surface area contributed by atoms with Crippen LogP contribution in [0.2, 0.25) is 0 Å². The molecule has 1 amide bonds. The van der Waals surface area contributed by atoms with Crippen LogP contribution in [0.15, 0.2) is 48.5 Å². The molecule has 2 aromatic carbocycles. The van der Waals surface area contributed by atoms with Crippen molar-refractivity contribution in [3.8, 4) is 5.75 Å². The molecular weight excluding hydrogens is 382 g/mol. The summed E-state index contributed by atoms with van der Waals surface area (Å²) in [6.07, 6.45) is 0. The highest BCUT2D eigenvalue weighted by Crippen LogP contribution is 2.23. The van der Waals surface area contributed by atoms with Gasteiger partial charge < -0.3 is 20.1 Å². The van der Waals surface area contributed by atoms with Gasteiger partial charge >= 0.3 is 0 Å². The summed E-state index contributed by atoms with van der Waals surface area (Å²) in [7, 11) is 1.62. The maximum absolute atomic E-state index is 12.9. The molecule has 1 aromatic heterocycles. The fourth-order valence-electron chi connectivity index (χ4n) is 3.29. The van der Waals surface area contributed by atoms with E-state index in [1.807, 2.05) is 48.5 Å². The molecular formula is C22H25N5O3. The number of para-hydroxylation sites is 2. The molecule has 0 spiro atoms. The fraction of sp³-hybridized carbons (Fsp3) is 0.318. The van der Waals surface area contributed by atoms with Crippen molar-refractivity contribution >= 4 is 28.4 Å². The van der Waals surface area contributed by atoms with Gasteiger partial charge in [-0.25, -0.2) is 9.97 Å². The largest absolute Gasteiger partial charge is 0.497 e. The number of amides is 1. The summed E-state index contributed by atoms with van der Waals surface area (Å²) in [4.78, 5) is 24.4. The van der Waals surface area contributed by atoms with E-state index in [0.717, 1.165) is 49.8 Å². The topological polar surface area (TPSA) is 88.6 Å². The smallest absolute Gasteiger partial charge is 0.273 e. The molecule has 1 fully saturated rings. The van der Waals surface area contributed by atoms with E-state index in [1.54, 1.807) is 7.11 Å². The van der Waals surface area contributed by atoms with Crippen LogP contribution in [0.1, 0.15) is 10.5 Å². The molecule has 0 atom stereocenters. The van der Waals surface area contributed by atoms with Gasteiger partial charge in [-0.3, -0.25) is 9.69 Å². The molecule has 1 aliphatic heterocycles. The highest BCUT2D eigenvalue weighted by atomic mass is 16.5. The lowest BCUT2D eigenvalue weighted by Crippen LogP contribution is -2.41. The summed E-state index contributed by atoms with van der Waals surface area (Å²) < 4.78 is 10.6. The van der Waals surface area contributed by atoms with Crippen molar-refractivity contribution in [3.63, 3.8) is 0 Å². The number of nitrogens with one attached hydrogen (secondary N) is 2. The van der Waals surface area contributed by atoms with Crippen LogP contribution in [0.4, 0.5) is 11.5 Å². The van der Waals surface area contributed by atoms with Gasteiger partial charge in [-0.05, 0) is 36.4 Å². The van der Waals surface area contributed by atoms with Crippen molar-refractivity contribution in [1.29, 1.82) is 0 Å². The zero-order chi connectivity index (χ0) is 20.8. The molecule has 1 saturated heterocycles. The summed E-state index contributed by atoms with van der Waals surface area (Å²) in [6, 6.07) is 14.9. The Morgan fingerprint density at radius 1 is 1.07 bits per heavy atom. The number of carbonyl (C=O) groups excluding carboxylic acids is 1. The van der Waals surface area contributed by atoms with Crippen LogP contribution in [-0.4, -0.2) is 67.3 Å². The average molecular weight is 407 g/mol. The third kappa shape index (κ3) is 4.84. The predicted molar refractivity (Wildman–Crippen MR) is 115 cm³/mol. The average Bonchev–Trinajstić information content (AvgIpc) is 2.80. The first-order chi connectivity index (χ1) is 14.7. The third-order valence-electron chi connectivity index (χ3n) is 4.96. The second-order valence-electron chi connectivity index (χ2n) is 6.97. The first-order valence-electron chi connectivity index (χ1n) is 9.99. The maximum atomic E-state index is 12.9. The lowest BCUT2D eigenvalue weighted by atomic mass is 10.2.